The summed E-state index contributed by atoms with van der Waals surface area (Å²) in [4.78, 5) is 4.20. The summed E-state index contributed by atoms with van der Waals surface area (Å²) >= 11 is 0. The number of hydrogen-bond donors (Lipinski definition) is 2. The molecule has 0 bridgehead atoms. The SMILES string of the molecule is CC(C)CC(C)(CN)Nc1cccc(C#N)n1. The van der Waals surface area contributed by atoms with Crippen molar-refractivity contribution in [2.45, 2.75) is 32.7 Å². The Labute approximate surface area is 103 Å². The van der Waals surface area contributed by atoms with Crippen LogP contribution in [0.4, 0.5) is 5.82 Å². The normalized spacial score (nSPS) is 14.1. The highest BCUT2D eigenvalue weighted by Gasteiger charge is 2.23. The van der Waals surface area contributed by atoms with Crippen LogP contribution < -0.4 is 11.1 Å². The Hall–Kier alpha value is -1.60. The summed E-state index contributed by atoms with van der Waals surface area (Å²) in [6, 6.07) is 7.39. The van der Waals surface area contributed by atoms with Gasteiger partial charge in [-0.2, -0.15) is 5.26 Å². The van der Waals surface area contributed by atoms with Gasteiger partial charge in [-0.15, -0.1) is 0 Å². The maximum absolute atomic E-state index is 8.80. The minimum atomic E-state index is -0.185. The van der Waals surface area contributed by atoms with E-state index >= 15 is 0 Å². The van der Waals surface area contributed by atoms with Gasteiger partial charge in [0, 0.05) is 12.1 Å². The average molecular weight is 232 g/mol. The summed E-state index contributed by atoms with van der Waals surface area (Å²) in [7, 11) is 0. The molecule has 0 saturated heterocycles. The molecule has 0 radical (unpaired) electrons. The van der Waals surface area contributed by atoms with E-state index in [1.54, 1.807) is 6.07 Å². The van der Waals surface area contributed by atoms with E-state index < -0.39 is 0 Å². The van der Waals surface area contributed by atoms with Crippen LogP contribution in [0.2, 0.25) is 0 Å². The van der Waals surface area contributed by atoms with Crippen molar-refractivity contribution in [3.05, 3.63) is 23.9 Å². The number of pyridine rings is 1. The largest absolute Gasteiger partial charge is 0.364 e. The lowest BCUT2D eigenvalue weighted by Crippen LogP contribution is -2.43. The lowest BCUT2D eigenvalue weighted by atomic mass is 9.91. The number of nitrogens with one attached hydrogen (secondary N) is 1. The molecular formula is C13H20N4. The van der Waals surface area contributed by atoms with Crippen LogP contribution in [0.3, 0.4) is 0 Å². The summed E-state index contributed by atoms with van der Waals surface area (Å²) < 4.78 is 0. The van der Waals surface area contributed by atoms with Crippen molar-refractivity contribution in [3.63, 3.8) is 0 Å². The zero-order valence-electron chi connectivity index (χ0n) is 10.7. The number of nitrogens with zero attached hydrogens (tertiary/aromatic N) is 2. The molecule has 1 unspecified atom stereocenters. The van der Waals surface area contributed by atoms with Gasteiger partial charge >= 0.3 is 0 Å². The molecule has 92 valence electrons. The van der Waals surface area contributed by atoms with Gasteiger partial charge in [0.2, 0.25) is 0 Å². The highest BCUT2D eigenvalue weighted by atomic mass is 15.1. The van der Waals surface area contributed by atoms with Crippen molar-refractivity contribution in [3.8, 4) is 6.07 Å². The molecule has 1 rings (SSSR count). The monoisotopic (exact) mass is 232 g/mol. The predicted octanol–water partition coefficient (Wildman–Crippen LogP) is 2.13. The number of nitriles is 1. The molecule has 0 aliphatic rings. The standard InChI is InChI=1S/C13H20N4/c1-10(2)7-13(3,9-15)17-12-6-4-5-11(8-14)16-12/h4-6,10H,7,9,15H2,1-3H3,(H,16,17). The minimum Gasteiger partial charge on any atom is -0.364 e. The van der Waals surface area contributed by atoms with Crippen molar-refractivity contribution in [1.29, 1.82) is 5.26 Å². The number of rotatable bonds is 5. The molecule has 3 N–H and O–H groups in total. The fraction of sp³-hybridized carbons (Fsp3) is 0.538. The van der Waals surface area contributed by atoms with Crippen LogP contribution in [0.5, 0.6) is 0 Å². The van der Waals surface area contributed by atoms with E-state index in [0.29, 0.717) is 24.0 Å². The lowest BCUT2D eigenvalue weighted by Gasteiger charge is -2.31. The Morgan fingerprint density at radius 2 is 2.24 bits per heavy atom. The van der Waals surface area contributed by atoms with Gasteiger partial charge in [-0.1, -0.05) is 19.9 Å². The van der Waals surface area contributed by atoms with Crippen LogP contribution in [0.15, 0.2) is 18.2 Å². The Bertz CT molecular complexity index is 408. The molecule has 1 atom stereocenters. The summed E-state index contributed by atoms with van der Waals surface area (Å²) in [5.41, 5.74) is 6.05. The second kappa shape index (κ2) is 5.65. The smallest absolute Gasteiger partial charge is 0.142 e. The molecule has 0 aromatic carbocycles. The van der Waals surface area contributed by atoms with E-state index in [1.165, 1.54) is 0 Å². The third-order valence-corrected chi connectivity index (χ3v) is 2.60. The van der Waals surface area contributed by atoms with E-state index in [0.717, 1.165) is 6.42 Å². The zero-order valence-corrected chi connectivity index (χ0v) is 10.7. The maximum atomic E-state index is 8.80. The highest BCUT2D eigenvalue weighted by Crippen LogP contribution is 2.20. The molecule has 0 aliphatic carbocycles. The first-order valence-corrected chi connectivity index (χ1v) is 5.84. The molecule has 4 nitrogen and oxygen atoms in total. The van der Waals surface area contributed by atoms with E-state index in [1.807, 2.05) is 18.2 Å². The predicted molar refractivity (Wildman–Crippen MR) is 69.5 cm³/mol. The zero-order chi connectivity index (χ0) is 12.9. The van der Waals surface area contributed by atoms with E-state index in [-0.39, 0.29) is 5.54 Å². The second-order valence-electron chi connectivity index (χ2n) is 5.01. The van der Waals surface area contributed by atoms with Crippen LogP contribution in [0.25, 0.3) is 0 Å². The van der Waals surface area contributed by atoms with Crippen molar-refractivity contribution < 1.29 is 0 Å². The van der Waals surface area contributed by atoms with Crippen molar-refractivity contribution >= 4 is 5.82 Å². The molecule has 0 fully saturated rings. The third-order valence-electron chi connectivity index (χ3n) is 2.60. The molecule has 0 saturated carbocycles. The third kappa shape index (κ3) is 4.04. The van der Waals surface area contributed by atoms with Crippen LogP contribution in [0, 0.1) is 17.2 Å². The highest BCUT2D eigenvalue weighted by molar-refractivity contribution is 5.40. The molecular weight excluding hydrogens is 212 g/mol. The lowest BCUT2D eigenvalue weighted by molar-refractivity contribution is 0.406. The van der Waals surface area contributed by atoms with Crippen LogP contribution in [-0.4, -0.2) is 17.1 Å². The molecule has 1 aromatic heterocycles. The topological polar surface area (TPSA) is 74.7 Å². The molecule has 0 amide bonds. The van der Waals surface area contributed by atoms with Gasteiger partial charge in [0.25, 0.3) is 0 Å². The van der Waals surface area contributed by atoms with Crippen molar-refractivity contribution in [2.75, 3.05) is 11.9 Å². The first kappa shape index (κ1) is 13.5. The Morgan fingerprint density at radius 3 is 2.76 bits per heavy atom. The summed E-state index contributed by atoms with van der Waals surface area (Å²) in [5, 5.41) is 12.1. The van der Waals surface area contributed by atoms with Crippen LogP contribution >= 0.6 is 0 Å². The number of aromatic nitrogens is 1. The fourth-order valence-corrected chi connectivity index (χ4v) is 1.96. The fourth-order valence-electron chi connectivity index (χ4n) is 1.96. The first-order valence-electron chi connectivity index (χ1n) is 5.84. The number of anilines is 1. The van der Waals surface area contributed by atoms with Crippen molar-refractivity contribution in [2.24, 2.45) is 11.7 Å². The maximum Gasteiger partial charge on any atom is 0.142 e. The molecule has 1 aromatic rings. The molecule has 0 spiro atoms. The van der Waals surface area contributed by atoms with Gasteiger partial charge in [0.15, 0.2) is 0 Å². The van der Waals surface area contributed by atoms with Gasteiger partial charge in [0.1, 0.15) is 17.6 Å². The molecule has 4 heteroatoms. The molecule has 1 heterocycles. The van der Waals surface area contributed by atoms with E-state index in [4.69, 9.17) is 11.0 Å². The number of nitrogens with two attached hydrogens (primary N) is 1. The summed E-state index contributed by atoms with van der Waals surface area (Å²) in [5.74, 6) is 1.26. The quantitative estimate of drug-likeness (QED) is 0.815. The Kier molecular flexibility index (Phi) is 4.47. The average Bonchev–Trinajstić information content (AvgIpc) is 2.28. The van der Waals surface area contributed by atoms with Gasteiger partial charge in [-0.05, 0) is 31.4 Å². The molecule has 17 heavy (non-hydrogen) atoms. The summed E-state index contributed by atoms with van der Waals surface area (Å²) in [6.45, 7) is 6.93. The Morgan fingerprint density at radius 1 is 1.53 bits per heavy atom. The second-order valence-corrected chi connectivity index (χ2v) is 5.01. The minimum absolute atomic E-state index is 0.185. The van der Waals surface area contributed by atoms with Gasteiger partial charge < -0.3 is 11.1 Å². The van der Waals surface area contributed by atoms with Gasteiger partial charge in [-0.3, -0.25) is 0 Å². The van der Waals surface area contributed by atoms with E-state index in [2.05, 4.69) is 31.1 Å². The van der Waals surface area contributed by atoms with Gasteiger partial charge in [0.05, 0.1) is 0 Å². The molecule has 0 aliphatic heterocycles. The van der Waals surface area contributed by atoms with E-state index in [9.17, 15) is 0 Å². The number of hydrogen-bond acceptors (Lipinski definition) is 4. The first-order chi connectivity index (χ1) is 7.99. The van der Waals surface area contributed by atoms with Crippen LogP contribution in [-0.2, 0) is 0 Å². The van der Waals surface area contributed by atoms with Gasteiger partial charge in [-0.25, -0.2) is 4.98 Å². The van der Waals surface area contributed by atoms with Crippen LogP contribution in [0.1, 0.15) is 32.9 Å². The van der Waals surface area contributed by atoms with Crippen molar-refractivity contribution in [1.82, 2.24) is 4.98 Å². The Balaban J connectivity index is 2.83. The summed E-state index contributed by atoms with van der Waals surface area (Å²) in [6.07, 6.45) is 0.960.